The van der Waals surface area contributed by atoms with Crippen molar-refractivity contribution in [3.63, 3.8) is 0 Å². The maximum atomic E-state index is 13.2. The van der Waals surface area contributed by atoms with E-state index in [0.717, 1.165) is 12.1 Å². The van der Waals surface area contributed by atoms with Crippen LogP contribution < -0.4 is 0 Å². The fraction of sp³-hybridized carbons (Fsp3) is 0.222. The largest absolute Gasteiger partial charge is 0.416 e. The molecule has 0 aliphatic heterocycles. The van der Waals surface area contributed by atoms with Crippen molar-refractivity contribution in [2.24, 2.45) is 0 Å². The molecule has 1 N–H and O–H groups in total. The van der Waals surface area contributed by atoms with Crippen molar-refractivity contribution >= 4 is 23.4 Å². The van der Waals surface area contributed by atoms with Gasteiger partial charge in [-0.25, -0.2) is 0 Å². The van der Waals surface area contributed by atoms with Gasteiger partial charge in [-0.15, -0.1) is 10.2 Å². The van der Waals surface area contributed by atoms with Crippen LogP contribution in [0.4, 0.5) is 13.2 Å². The van der Waals surface area contributed by atoms with Crippen molar-refractivity contribution in [2.45, 2.75) is 17.8 Å². The lowest BCUT2D eigenvalue weighted by molar-refractivity contribution is -0.137. The molecule has 0 aliphatic rings. The van der Waals surface area contributed by atoms with E-state index in [0.29, 0.717) is 33.7 Å². The van der Waals surface area contributed by atoms with Crippen LogP contribution in [0.5, 0.6) is 0 Å². The third-order valence-corrected chi connectivity index (χ3v) is 5.06. The Morgan fingerprint density at radius 3 is 2.56 bits per heavy atom. The lowest BCUT2D eigenvalue weighted by atomic mass is 10.1. The number of benzene rings is 2. The quantitative estimate of drug-likeness (QED) is 0.452. The number of hydrogen-bond donors (Lipinski definition) is 1. The maximum absolute atomic E-state index is 13.2. The molecule has 0 unspecified atom stereocenters. The number of rotatable bonds is 6. The van der Waals surface area contributed by atoms with Crippen molar-refractivity contribution in [1.82, 2.24) is 14.8 Å². The minimum absolute atomic E-state index is 0.0159. The number of aliphatic hydroxyl groups excluding tert-OH is 1. The molecule has 3 aromatic rings. The third kappa shape index (κ3) is 4.45. The highest BCUT2D eigenvalue weighted by Gasteiger charge is 2.31. The Hall–Kier alpha value is -2.03. The third-order valence-electron chi connectivity index (χ3n) is 3.71. The van der Waals surface area contributed by atoms with Gasteiger partial charge >= 0.3 is 6.18 Å². The summed E-state index contributed by atoms with van der Waals surface area (Å²) in [5.74, 6) is 0.905. The number of aromatic nitrogens is 3. The standard InChI is InChI=1S/C18H15ClF3N3OS/c19-15-8-2-1-7-14(15)16-23-24-17(27-10-4-9-26)25(16)13-6-3-5-12(11-13)18(20,21)22/h1-3,5-8,11,26H,4,9-10H2. The van der Waals surface area contributed by atoms with Gasteiger partial charge in [0.1, 0.15) is 0 Å². The summed E-state index contributed by atoms with van der Waals surface area (Å²) in [5.41, 5.74) is 0.0967. The molecule has 2 aromatic carbocycles. The van der Waals surface area contributed by atoms with Crippen molar-refractivity contribution in [3.8, 4) is 17.1 Å². The Balaban J connectivity index is 2.14. The van der Waals surface area contributed by atoms with Gasteiger partial charge in [0.25, 0.3) is 0 Å². The van der Waals surface area contributed by atoms with Crippen LogP contribution in [0.3, 0.4) is 0 Å². The minimum Gasteiger partial charge on any atom is -0.396 e. The van der Waals surface area contributed by atoms with Gasteiger partial charge in [0.2, 0.25) is 0 Å². The van der Waals surface area contributed by atoms with Crippen LogP contribution in [0.2, 0.25) is 5.02 Å². The van der Waals surface area contributed by atoms with E-state index in [2.05, 4.69) is 10.2 Å². The average Bonchev–Trinajstić information content (AvgIpc) is 3.05. The molecule has 0 saturated heterocycles. The van der Waals surface area contributed by atoms with E-state index in [1.54, 1.807) is 34.9 Å². The van der Waals surface area contributed by atoms with E-state index < -0.39 is 11.7 Å². The Morgan fingerprint density at radius 2 is 1.85 bits per heavy atom. The summed E-state index contributed by atoms with van der Waals surface area (Å²) in [5, 5.41) is 18.1. The van der Waals surface area contributed by atoms with Crippen molar-refractivity contribution < 1.29 is 18.3 Å². The molecule has 0 atom stereocenters. The van der Waals surface area contributed by atoms with Gasteiger partial charge in [0.05, 0.1) is 16.3 Å². The zero-order valence-electron chi connectivity index (χ0n) is 13.9. The molecule has 3 rings (SSSR count). The molecule has 0 spiro atoms. The Bertz CT molecular complexity index is 930. The van der Waals surface area contributed by atoms with E-state index in [9.17, 15) is 13.2 Å². The highest BCUT2D eigenvalue weighted by molar-refractivity contribution is 7.99. The van der Waals surface area contributed by atoms with Crippen LogP contribution in [0.15, 0.2) is 53.7 Å². The monoisotopic (exact) mass is 413 g/mol. The van der Waals surface area contributed by atoms with Crippen LogP contribution in [-0.2, 0) is 6.18 Å². The van der Waals surface area contributed by atoms with Crippen LogP contribution in [-0.4, -0.2) is 32.2 Å². The summed E-state index contributed by atoms with van der Waals surface area (Å²) in [4.78, 5) is 0. The number of hydrogen-bond acceptors (Lipinski definition) is 4. The molecule has 1 aromatic heterocycles. The maximum Gasteiger partial charge on any atom is 0.416 e. The molecule has 0 aliphatic carbocycles. The van der Waals surface area contributed by atoms with Crippen molar-refractivity contribution in [1.29, 1.82) is 0 Å². The van der Waals surface area contributed by atoms with Gasteiger partial charge < -0.3 is 5.11 Å². The van der Waals surface area contributed by atoms with E-state index in [4.69, 9.17) is 16.7 Å². The molecule has 4 nitrogen and oxygen atoms in total. The van der Waals surface area contributed by atoms with E-state index in [1.165, 1.54) is 17.8 Å². The van der Waals surface area contributed by atoms with Crippen LogP contribution in [0, 0.1) is 0 Å². The highest BCUT2D eigenvalue weighted by Crippen LogP contribution is 2.35. The van der Waals surface area contributed by atoms with E-state index in [1.807, 2.05) is 0 Å². The predicted octanol–water partition coefficient (Wildman–Crippen LogP) is 5.08. The Morgan fingerprint density at radius 1 is 1.07 bits per heavy atom. The molecule has 0 amide bonds. The van der Waals surface area contributed by atoms with Gasteiger partial charge in [-0.2, -0.15) is 13.2 Å². The highest BCUT2D eigenvalue weighted by atomic mass is 35.5. The summed E-state index contributed by atoms with van der Waals surface area (Å²) in [6.07, 6.45) is -3.93. The first-order valence-electron chi connectivity index (χ1n) is 8.03. The van der Waals surface area contributed by atoms with Gasteiger partial charge in [-0.05, 0) is 36.8 Å². The minimum atomic E-state index is -4.46. The average molecular weight is 414 g/mol. The summed E-state index contributed by atoms with van der Waals surface area (Å²) >= 11 is 7.56. The summed E-state index contributed by atoms with van der Waals surface area (Å²) in [6, 6.07) is 11.9. The van der Waals surface area contributed by atoms with Crippen LogP contribution >= 0.6 is 23.4 Å². The Labute approximate surface area is 163 Å². The van der Waals surface area contributed by atoms with Crippen LogP contribution in [0.1, 0.15) is 12.0 Å². The molecule has 0 bridgehead atoms. The lowest BCUT2D eigenvalue weighted by Gasteiger charge is -2.13. The number of halogens is 4. The van der Waals surface area contributed by atoms with Gasteiger partial charge in [0.15, 0.2) is 11.0 Å². The first kappa shape index (κ1) is 19.7. The molecular weight excluding hydrogens is 399 g/mol. The number of nitrogens with zero attached hydrogens (tertiary/aromatic N) is 3. The number of aliphatic hydroxyl groups is 1. The summed E-state index contributed by atoms with van der Waals surface area (Å²) in [6.45, 7) is 0.0159. The summed E-state index contributed by atoms with van der Waals surface area (Å²) in [7, 11) is 0. The van der Waals surface area contributed by atoms with Gasteiger partial charge in [0, 0.05) is 17.9 Å². The fourth-order valence-corrected chi connectivity index (χ4v) is 3.56. The zero-order valence-corrected chi connectivity index (χ0v) is 15.5. The first-order valence-corrected chi connectivity index (χ1v) is 9.40. The molecule has 0 saturated carbocycles. The molecule has 0 fully saturated rings. The molecule has 142 valence electrons. The lowest BCUT2D eigenvalue weighted by Crippen LogP contribution is -2.07. The van der Waals surface area contributed by atoms with Crippen LogP contribution in [0.25, 0.3) is 17.1 Å². The normalized spacial score (nSPS) is 11.7. The van der Waals surface area contributed by atoms with E-state index >= 15 is 0 Å². The topological polar surface area (TPSA) is 50.9 Å². The molecule has 1 heterocycles. The second-order valence-electron chi connectivity index (χ2n) is 5.60. The summed E-state index contributed by atoms with van der Waals surface area (Å²) < 4.78 is 41.0. The van der Waals surface area contributed by atoms with Gasteiger partial charge in [-0.1, -0.05) is 41.6 Å². The van der Waals surface area contributed by atoms with Crippen molar-refractivity contribution in [2.75, 3.05) is 12.4 Å². The fourth-order valence-electron chi connectivity index (χ4n) is 2.46. The SMILES string of the molecule is OCCCSc1nnc(-c2ccccc2Cl)n1-c1cccc(C(F)(F)F)c1. The van der Waals surface area contributed by atoms with Gasteiger partial charge in [-0.3, -0.25) is 4.57 Å². The number of thioether (sulfide) groups is 1. The predicted molar refractivity (Wildman–Crippen MR) is 99.2 cm³/mol. The Kier molecular flexibility index (Phi) is 6.08. The van der Waals surface area contributed by atoms with E-state index in [-0.39, 0.29) is 12.3 Å². The second-order valence-corrected chi connectivity index (χ2v) is 7.06. The molecule has 9 heteroatoms. The second kappa shape index (κ2) is 8.33. The zero-order chi connectivity index (χ0) is 19.4. The first-order chi connectivity index (χ1) is 12.9. The molecule has 27 heavy (non-hydrogen) atoms. The number of alkyl halides is 3. The molecular formula is C18H15ClF3N3OS. The molecule has 0 radical (unpaired) electrons. The smallest absolute Gasteiger partial charge is 0.396 e. The van der Waals surface area contributed by atoms with Crippen molar-refractivity contribution in [3.05, 3.63) is 59.1 Å².